The van der Waals surface area contributed by atoms with E-state index in [2.05, 4.69) is 0 Å². The minimum absolute atomic E-state index is 0.104. The summed E-state index contributed by atoms with van der Waals surface area (Å²) in [6.07, 6.45) is 1.89. The number of phenols is 1. The standard InChI is InChI=1S/C12H16O4/c1-14-12-10(13)3-2-4-11(12)16-9-5-7-15-8-6-9/h2-4,9,13H,5-8H2,1H3. The summed E-state index contributed by atoms with van der Waals surface area (Å²) in [5.74, 6) is 1.09. The maximum atomic E-state index is 9.59. The molecule has 1 fully saturated rings. The van der Waals surface area contributed by atoms with Crippen LogP contribution in [0.15, 0.2) is 18.2 Å². The molecule has 0 atom stereocenters. The first-order valence-electron chi connectivity index (χ1n) is 5.41. The van der Waals surface area contributed by atoms with E-state index in [1.165, 1.54) is 7.11 Å². The van der Waals surface area contributed by atoms with E-state index in [0.717, 1.165) is 26.1 Å². The highest BCUT2D eigenvalue weighted by atomic mass is 16.5. The quantitative estimate of drug-likeness (QED) is 0.852. The van der Waals surface area contributed by atoms with Gasteiger partial charge >= 0.3 is 0 Å². The number of ether oxygens (including phenoxy) is 3. The van der Waals surface area contributed by atoms with Gasteiger partial charge < -0.3 is 19.3 Å². The van der Waals surface area contributed by atoms with Crippen LogP contribution in [0.3, 0.4) is 0 Å². The molecule has 1 aliphatic heterocycles. The average molecular weight is 224 g/mol. The molecule has 1 N–H and O–H groups in total. The number of hydrogen-bond acceptors (Lipinski definition) is 4. The van der Waals surface area contributed by atoms with Gasteiger partial charge in [-0.1, -0.05) is 6.07 Å². The molecule has 4 heteroatoms. The van der Waals surface area contributed by atoms with E-state index < -0.39 is 0 Å². The average Bonchev–Trinajstić information content (AvgIpc) is 2.31. The summed E-state index contributed by atoms with van der Waals surface area (Å²) in [4.78, 5) is 0. The first-order valence-corrected chi connectivity index (χ1v) is 5.41. The molecule has 4 nitrogen and oxygen atoms in total. The molecule has 0 spiro atoms. The summed E-state index contributed by atoms with van der Waals surface area (Å²) in [5.41, 5.74) is 0. The van der Waals surface area contributed by atoms with Gasteiger partial charge in [0.25, 0.3) is 0 Å². The van der Waals surface area contributed by atoms with Gasteiger partial charge in [-0.3, -0.25) is 0 Å². The van der Waals surface area contributed by atoms with Crippen LogP contribution in [0.25, 0.3) is 0 Å². The van der Waals surface area contributed by atoms with E-state index in [0.29, 0.717) is 11.5 Å². The molecular weight excluding hydrogens is 208 g/mol. The normalized spacial score (nSPS) is 17.1. The number of rotatable bonds is 3. The highest BCUT2D eigenvalue weighted by Gasteiger charge is 2.18. The van der Waals surface area contributed by atoms with Crippen LogP contribution in [0.1, 0.15) is 12.8 Å². The summed E-state index contributed by atoms with van der Waals surface area (Å²) in [7, 11) is 1.52. The molecule has 16 heavy (non-hydrogen) atoms. The fourth-order valence-electron chi connectivity index (χ4n) is 1.78. The number of benzene rings is 1. The predicted molar refractivity (Wildman–Crippen MR) is 59.1 cm³/mol. The Kier molecular flexibility index (Phi) is 3.51. The van der Waals surface area contributed by atoms with Crippen LogP contribution in [-0.2, 0) is 4.74 Å². The van der Waals surface area contributed by atoms with Crippen molar-refractivity contribution in [3.05, 3.63) is 18.2 Å². The van der Waals surface area contributed by atoms with Crippen molar-refractivity contribution in [3.63, 3.8) is 0 Å². The SMILES string of the molecule is COc1c(O)cccc1OC1CCOCC1. The largest absolute Gasteiger partial charge is 0.504 e. The van der Waals surface area contributed by atoms with Gasteiger partial charge in [-0.25, -0.2) is 0 Å². The third-order valence-electron chi connectivity index (χ3n) is 2.62. The van der Waals surface area contributed by atoms with Gasteiger partial charge in [0.05, 0.1) is 20.3 Å². The molecule has 2 rings (SSSR count). The summed E-state index contributed by atoms with van der Waals surface area (Å²) >= 11 is 0. The van der Waals surface area contributed by atoms with Crippen LogP contribution in [-0.4, -0.2) is 31.5 Å². The Hall–Kier alpha value is -1.42. The van der Waals surface area contributed by atoms with E-state index >= 15 is 0 Å². The lowest BCUT2D eigenvalue weighted by atomic mass is 10.1. The van der Waals surface area contributed by atoms with Crippen LogP contribution in [0, 0.1) is 0 Å². The molecule has 0 aliphatic carbocycles. The fraction of sp³-hybridized carbons (Fsp3) is 0.500. The van der Waals surface area contributed by atoms with Crippen molar-refractivity contribution in [2.24, 2.45) is 0 Å². The lowest BCUT2D eigenvalue weighted by Crippen LogP contribution is -2.26. The van der Waals surface area contributed by atoms with Crippen molar-refractivity contribution in [2.45, 2.75) is 18.9 Å². The molecule has 0 bridgehead atoms. The van der Waals surface area contributed by atoms with Gasteiger partial charge in [-0.05, 0) is 12.1 Å². The molecule has 0 aromatic heterocycles. The highest BCUT2D eigenvalue weighted by molar-refractivity contribution is 5.50. The van der Waals surface area contributed by atoms with Crippen molar-refractivity contribution < 1.29 is 19.3 Å². The molecule has 0 radical (unpaired) electrons. The number of methoxy groups -OCH3 is 1. The van der Waals surface area contributed by atoms with Crippen LogP contribution in [0.5, 0.6) is 17.2 Å². The van der Waals surface area contributed by atoms with E-state index in [1.54, 1.807) is 18.2 Å². The van der Waals surface area contributed by atoms with E-state index in [1.807, 2.05) is 0 Å². The first-order chi connectivity index (χ1) is 7.81. The molecule has 0 saturated carbocycles. The van der Waals surface area contributed by atoms with E-state index in [9.17, 15) is 5.11 Å². The highest BCUT2D eigenvalue weighted by Crippen LogP contribution is 2.36. The third kappa shape index (κ3) is 2.39. The Morgan fingerprint density at radius 1 is 1.31 bits per heavy atom. The summed E-state index contributed by atoms with van der Waals surface area (Å²) < 4.78 is 16.2. The number of para-hydroxylation sites is 1. The molecule has 1 aromatic rings. The maximum Gasteiger partial charge on any atom is 0.203 e. The fourth-order valence-corrected chi connectivity index (χ4v) is 1.78. The number of hydrogen-bond donors (Lipinski definition) is 1. The van der Waals surface area contributed by atoms with Crippen LogP contribution >= 0.6 is 0 Å². The Morgan fingerprint density at radius 2 is 2.06 bits per heavy atom. The monoisotopic (exact) mass is 224 g/mol. The summed E-state index contributed by atoms with van der Waals surface area (Å²) in [5, 5.41) is 9.59. The molecule has 1 aromatic carbocycles. The van der Waals surface area contributed by atoms with E-state index in [-0.39, 0.29) is 11.9 Å². The van der Waals surface area contributed by atoms with Crippen molar-refractivity contribution in [3.8, 4) is 17.2 Å². The molecule has 1 heterocycles. The Bertz CT molecular complexity index is 345. The second-order valence-corrected chi connectivity index (χ2v) is 3.74. The van der Waals surface area contributed by atoms with Crippen molar-refractivity contribution >= 4 is 0 Å². The lowest BCUT2D eigenvalue weighted by molar-refractivity contribution is 0.0244. The van der Waals surface area contributed by atoms with Gasteiger partial charge in [-0.2, -0.15) is 0 Å². The minimum atomic E-state index is 0.104. The van der Waals surface area contributed by atoms with Gasteiger partial charge in [0.15, 0.2) is 11.5 Å². The van der Waals surface area contributed by atoms with Gasteiger partial charge in [0.1, 0.15) is 6.10 Å². The van der Waals surface area contributed by atoms with Gasteiger partial charge in [0, 0.05) is 12.8 Å². The molecule has 88 valence electrons. The number of phenolic OH excluding ortho intramolecular Hbond substituents is 1. The molecular formula is C12H16O4. The van der Waals surface area contributed by atoms with Crippen LogP contribution in [0.2, 0.25) is 0 Å². The van der Waals surface area contributed by atoms with Crippen LogP contribution < -0.4 is 9.47 Å². The smallest absolute Gasteiger partial charge is 0.203 e. The minimum Gasteiger partial charge on any atom is -0.504 e. The second-order valence-electron chi connectivity index (χ2n) is 3.74. The molecule has 0 amide bonds. The summed E-state index contributed by atoms with van der Waals surface area (Å²) in [6.45, 7) is 1.46. The maximum absolute atomic E-state index is 9.59. The van der Waals surface area contributed by atoms with E-state index in [4.69, 9.17) is 14.2 Å². The Balaban J connectivity index is 2.10. The van der Waals surface area contributed by atoms with Crippen LogP contribution in [0.4, 0.5) is 0 Å². The lowest BCUT2D eigenvalue weighted by Gasteiger charge is -2.24. The molecule has 0 unspecified atom stereocenters. The van der Waals surface area contributed by atoms with Gasteiger partial charge in [0.2, 0.25) is 5.75 Å². The van der Waals surface area contributed by atoms with Crippen molar-refractivity contribution in [1.82, 2.24) is 0 Å². The second kappa shape index (κ2) is 5.07. The zero-order chi connectivity index (χ0) is 11.4. The van der Waals surface area contributed by atoms with Gasteiger partial charge in [-0.15, -0.1) is 0 Å². The zero-order valence-electron chi connectivity index (χ0n) is 9.31. The summed E-state index contributed by atoms with van der Waals surface area (Å²) in [6, 6.07) is 5.12. The topological polar surface area (TPSA) is 47.9 Å². The Labute approximate surface area is 94.8 Å². The molecule has 1 saturated heterocycles. The Morgan fingerprint density at radius 3 is 2.75 bits per heavy atom. The first kappa shape index (κ1) is 11.1. The van der Waals surface area contributed by atoms with Crippen molar-refractivity contribution in [2.75, 3.05) is 20.3 Å². The van der Waals surface area contributed by atoms with Crippen molar-refractivity contribution in [1.29, 1.82) is 0 Å². The number of aromatic hydroxyl groups is 1. The third-order valence-corrected chi connectivity index (χ3v) is 2.62. The molecule has 1 aliphatic rings. The predicted octanol–water partition coefficient (Wildman–Crippen LogP) is 1.96. The zero-order valence-corrected chi connectivity index (χ0v) is 9.31.